The standard InChI is InChI=1S/C16H24N2O/c19-12-14-11-18(10-13-4-2-1-3-5-13)9-8-16(14)17-15-6-7-15/h1-5,14-17,19H,6-12H2/t14-,16+/m0/s1. The van der Waals surface area contributed by atoms with Gasteiger partial charge in [0.15, 0.2) is 0 Å². The topological polar surface area (TPSA) is 35.5 Å². The number of nitrogens with one attached hydrogen (secondary N) is 1. The molecule has 2 aliphatic rings. The van der Waals surface area contributed by atoms with E-state index in [1.54, 1.807) is 0 Å². The lowest BCUT2D eigenvalue weighted by molar-refractivity contribution is 0.0849. The predicted molar refractivity (Wildman–Crippen MR) is 76.9 cm³/mol. The molecule has 104 valence electrons. The minimum absolute atomic E-state index is 0.301. The molecule has 0 amide bonds. The largest absolute Gasteiger partial charge is 0.396 e. The van der Waals surface area contributed by atoms with Crippen LogP contribution in [0.3, 0.4) is 0 Å². The van der Waals surface area contributed by atoms with Gasteiger partial charge in [0.1, 0.15) is 0 Å². The molecule has 0 spiro atoms. The quantitative estimate of drug-likeness (QED) is 0.844. The van der Waals surface area contributed by atoms with Gasteiger partial charge in [-0.25, -0.2) is 0 Å². The number of aliphatic hydroxyl groups excluding tert-OH is 1. The highest BCUT2D eigenvalue weighted by Gasteiger charge is 2.32. The Morgan fingerprint density at radius 3 is 2.63 bits per heavy atom. The fourth-order valence-corrected chi connectivity index (χ4v) is 3.05. The van der Waals surface area contributed by atoms with E-state index in [2.05, 4.69) is 40.5 Å². The minimum Gasteiger partial charge on any atom is -0.396 e. The summed E-state index contributed by atoms with van der Waals surface area (Å²) in [7, 11) is 0. The SMILES string of the molecule is OC[C@@H]1CN(Cc2ccccc2)CC[C@H]1NC1CC1. The number of nitrogens with zero attached hydrogens (tertiary/aromatic N) is 1. The van der Waals surface area contributed by atoms with Gasteiger partial charge in [0.05, 0.1) is 0 Å². The predicted octanol–water partition coefficient (Wildman–Crippen LogP) is 1.62. The van der Waals surface area contributed by atoms with E-state index in [0.29, 0.717) is 18.6 Å². The van der Waals surface area contributed by atoms with E-state index in [1.165, 1.54) is 18.4 Å². The van der Waals surface area contributed by atoms with Gasteiger partial charge in [0.2, 0.25) is 0 Å². The molecule has 1 saturated carbocycles. The third kappa shape index (κ3) is 3.56. The highest BCUT2D eigenvalue weighted by atomic mass is 16.3. The van der Waals surface area contributed by atoms with Crippen molar-refractivity contribution in [2.75, 3.05) is 19.7 Å². The maximum Gasteiger partial charge on any atom is 0.0486 e. The molecule has 1 aromatic carbocycles. The molecule has 2 atom stereocenters. The summed E-state index contributed by atoms with van der Waals surface area (Å²) in [5, 5.41) is 13.3. The van der Waals surface area contributed by atoms with Gasteiger partial charge in [-0.15, -0.1) is 0 Å². The number of benzene rings is 1. The minimum atomic E-state index is 0.301. The molecule has 1 saturated heterocycles. The van der Waals surface area contributed by atoms with E-state index >= 15 is 0 Å². The third-order valence-corrected chi connectivity index (χ3v) is 4.33. The van der Waals surface area contributed by atoms with Crippen molar-refractivity contribution in [3.05, 3.63) is 35.9 Å². The molecular formula is C16H24N2O. The van der Waals surface area contributed by atoms with Crippen molar-refractivity contribution in [3.63, 3.8) is 0 Å². The molecule has 1 aromatic rings. The third-order valence-electron chi connectivity index (χ3n) is 4.33. The molecule has 0 bridgehead atoms. The highest BCUT2D eigenvalue weighted by molar-refractivity contribution is 5.14. The second-order valence-corrected chi connectivity index (χ2v) is 6.00. The molecular weight excluding hydrogens is 236 g/mol. The molecule has 1 aliphatic carbocycles. The number of likely N-dealkylation sites (tertiary alicyclic amines) is 1. The Bertz CT molecular complexity index is 391. The van der Waals surface area contributed by atoms with Crippen molar-refractivity contribution in [2.45, 2.75) is 37.9 Å². The van der Waals surface area contributed by atoms with E-state index in [0.717, 1.165) is 32.1 Å². The van der Waals surface area contributed by atoms with Crippen LogP contribution in [0.1, 0.15) is 24.8 Å². The van der Waals surface area contributed by atoms with Crippen LogP contribution in [-0.4, -0.2) is 41.8 Å². The van der Waals surface area contributed by atoms with Gasteiger partial charge in [0, 0.05) is 37.7 Å². The van der Waals surface area contributed by atoms with Crippen LogP contribution in [0.25, 0.3) is 0 Å². The first-order valence-electron chi connectivity index (χ1n) is 7.48. The second kappa shape index (κ2) is 6.04. The van der Waals surface area contributed by atoms with E-state index in [9.17, 15) is 5.11 Å². The number of hydrogen-bond acceptors (Lipinski definition) is 3. The van der Waals surface area contributed by atoms with Gasteiger partial charge in [-0.05, 0) is 31.4 Å². The average molecular weight is 260 g/mol. The Hall–Kier alpha value is -0.900. The van der Waals surface area contributed by atoms with E-state index < -0.39 is 0 Å². The summed E-state index contributed by atoms with van der Waals surface area (Å²) < 4.78 is 0. The Morgan fingerprint density at radius 1 is 1.16 bits per heavy atom. The van der Waals surface area contributed by atoms with Crippen LogP contribution in [-0.2, 0) is 6.54 Å². The Morgan fingerprint density at radius 2 is 1.95 bits per heavy atom. The molecule has 3 rings (SSSR count). The first-order chi connectivity index (χ1) is 9.35. The maximum atomic E-state index is 9.61. The zero-order valence-corrected chi connectivity index (χ0v) is 11.5. The van der Waals surface area contributed by atoms with Gasteiger partial charge >= 0.3 is 0 Å². The van der Waals surface area contributed by atoms with Crippen LogP contribution in [0.5, 0.6) is 0 Å². The lowest BCUT2D eigenvalue weighted by Crippen LogP contribution is -2.50. The fourth-order valence-electron chi connectivity index (χ4n) is 3.05. The van der Waals surface area contributed by atoms with E-state index in [4.69, 9.17) is 0 Å². The van der Waals surface area contributed by atoms with E-state index in [1.807, 2.05) is 0 Å². The van der Waals surface area contributed by atoms with Crippen LogP contribution < -0.4 is 5.32 Å². The smallest absolute Gasteiger partial charge is 0.0486 e. The molecule has 3 nitrogen and oxygen atoms in total. The maximum absolute atomic E-state index is 9.61. The van der Waals surface area contributed by atoms with Crippen molar-refractivity contribution in [3.8, 4) is 0 Å². The summed E-state index contributed by atoms with van der Waals surface area (Å²) in [5.74, 6) is 0.387. The average Bonchev–Trinajstić information content (AvgIpc) is 3.26. The van der Waals surface area contributed by atoms with Gasteiger partial charge in [-0.2, -0.15) is 0 Å². The summed E-state index contributed by atoms with van der Waals surface area (Å²) in [6.07, 6.45) is 3.80. The second-order valence-electron chi connectivity index (χ2n) is 6.00. The Kier molecular flexibility index (Phi) is 4.16. The van der Waals surface area contributed by atoms with E-state index in [-0.39, 0.29) is 0 Å². The Labute approximate surface area is 115 Å². The van der Waals surface area contributed by atoms with Crippen molar-refractivity contribution in [1.29, 1.82) is 0 Å². The molecule has 0 aromatic heterocycles. The zero-order chi connectivity index (χ0) is 13.1. The zero-order valence-electron chi connectivity index (χ0n) is 11.5. The molecule has 1 heterocycles. The molecule has 2 N–H and O–H groups in total. The van der Waals surface area contributed by atoms with Crippen molar-refractivity contribution in [1.82, 2.24) is 10.2 Å². The fraction of sp³-hybridized carbons (Fsp3) is 0.625. The Balaban J connectivity index is 1.54. The summed E-state index contributed by atoms with van der Waals surface area (Å²) in [6.45, 7) is 3.45. The van der Waals surface area contributed by atoms with Gasteiger partial charge in [-0.3, -0.25) is 4.90 Å². The highest BCUT2D eigenvalue weighted by Crippen LogP contribution is 2.25. The summed E-state index contributed by atoms with van der Waals surface area (Å²) in [5.41, 5.74) is 1.37. The van der Waals surface area contributed by atoms with Crippen LogP contribution in [0, 0.1) is 5.92 Å². The molecule has 1 aliphatic heterocycles. The number of hydrogen-bond donors (Lipinski definition) is 2. The van der Waals surface area contributed by atoms with Crippen LogP contribution in [0.15, 0.2) is 30.3 Å². The number of piperidine rings is 1. The number of aliphatic hydroxyl groups is 1. The summed E-state index contributed by atoms with van der Waals surface area (Å²) >= 11 is 0. The van der Waals surface area contributed by atoms with Crippen molar-refractivity contribution < 1.29 is 5.11 Å². The van der Waals surface area contributed by atoms with Crippen LogP contribution in [0.2, 0.25) is 0 Å². The van der Waals surface area contributed by atoms with Crippen molar-refractivity contribution >= 4 is 0 Å². The van der Waals surface area contributed by atoms with Gasteiger partial charge < -0.3 is 10.4 Å². The molecule has 2 fully saturated rings. The van der Waals surface area contributed by atoms with Crippen LogP contribution in [0.4, 0.5) is 0 Å². The number of rotatable bonds is 5. The normalized spacial score (nSPS) is 28.5. The lowest BCUT2D eigenvalue weighted by atomic mass is 9.92. The lowest BCUT2D eigenvalue weighted by Gasteiger charge is -2.38. The van der Waals surface area contributed by atoms with Crippen LogP contribution >= 0.6 is 0 Å². The molecule has 19 heavy (non-hydrogen) atoms. The first kappa shape index (κ1) is 13.1. The summed E-state index contributed by atoms with van der Waals surface area (Å²) in [6, 6.07) is 11.9. The van der Waals surface area contributed by atoms with Gasteiger partial charge in [-0.1, -0.05) is 30.3 Å². The van der Waals surface area contributed by atoms with Gasteiger partial charge in [0.25, 0.3) is 0 Å². The molecule has 0 unspecified atom stereocenters. The molecule has 0 radical (unpaired) electrons. The summed E-state index contributed by atoms with van der Waals surface area (Å²) in [4.78, 5) is 2.47. The first-order valence-corrected chi connectivity index (χ1v) is 7.48. The monoisotopic (exact) mass is 260 g/mol. The molecule has 3 heteroatoms. The van der Waals surface area contributed by atoms with Crippen molar-refractivity contribution in [2.24, 2.45) is 5.92 Å².